The molecular formula is C56H66N2O3. The highest BCUT2D eigenvalue weighted by Crippen LogP contribution is 2.42. The first kappa shape index (κ1) is 44.0. The van der Waals surface area contributed by atoms with Crippen molar-refractivity contribution in [3.05, 3.63) is 161 Å². The molecule has 0 aliphatic heterocycles. The predicted octanol–water partition coefficient (Wildman–Crippen LogP) is 12.8. The summed E-state index contributed by atoms with van der Waals surface area (Å²) in [7, 11) is 14.0. The maximum Gasteiger partial charge on any atom is 0.118 e. The van der Waals surface area contributed by atoms with Gasteiger partial charge in [-0.3, -0.25) is 0 Å². The van der Waals surface area contributed by atoms with Crippen molar-refractivity contribution in [3.8, 4) is 50.3 Å². The lowest BCUT2D eigenvalue weighted by Gasteiger charge is -2.33. The van der Waals surface area contributed by atoms with Gasteiger partial charge >= 0.3 is 0 Å². The highest BCUT2D eigenvalue weighted by atomic mass is 16.5. The summed E-state index contributed by atoms with van der Waals surface area (Å²) in [5, 5.41) is 0. The number of hydrogen-bond donors (Lipinski definition) is 0. The highest BCUT2D eigenvalue weighted by molar-refractivity contribution is 5.73. The van der Waals surface area contributed by atoms with E-state index >= 15 is 0 Å². The first-order chi connectivity index (χ1) is 29.6. The number of ether oxygens (including phenoxy) is 3. The minimum Gasteiger partial charge on any atom is -0.497 e. The zero-order valence-corrected chi connectivity index (χ0v) is 37.8. The van der Waals surface area contributed by atoms with Crippen LogP contribution in [-0.4, -0.2) is 72.4 Å². The molecule has 4 unspecified atom stereocenters. The fourth-order valence-corrected chi connectivity index (χ4v) is 9.37. The van der Waals surface area contributed by atoms with Crippen molar-refractivity contribution in [2.24, 2.45) is 11.8 Å². The molecule has 318 valence electrons. The number of benzene rings is 6. The van der Waals surface area contributed by atoms with Crippen molar-refractivity contribution >= 4 is 0 Å². The van der Waals surface area contributed by atoms with E-state index in [0.29, 0.717) is 11.8 Å². The fourth-order valence-electron chi connectivity index (χ4n) is 9.37. The third-order valence-corrected chi connectivity index (χ3v) is 13.0. The Labute approximate surface area is 366 Å². The Balaban J connectivity index is 0.000000184. The van der Waals surface area contributed by atoms with E-state index in [2.05, 4.69) is 166 Å². The molecule has 0 amide bonds. The van der Waals surface area contributed by atoms with E-state index in [1.165, 1.54) is 98.0 Å². The van der Waals surface area contributed by atoms with Crippen molar-refractivity contribution in [1.82, 2.24) is 9.80 Å². The molecule has 0 N–H and O–H groups in total. The standard InChI is InChI=1S/C28H33NO2.C28H33NO/c1-29(2)18-17-23-9-10-25-19-24(13-16-27(25)28(23)31-4)22-7-5-20(6-8-22)21-11-14-26(30-3)15-12-21;1-20-5-7-21(8-6-20)22-9-11-23(12-10-22)25-15-16-27-26(19-25)14-13-24(28(27)30-4)17-18-29(2)3/h5-8,11-16,19,23,28H,9-10,17-18H2,1-4H3;5-12,15-16,19,24,28H,13-14,17-18H2,1-4H3. The van der Waals surface area contributed by atoms with Crippen LogP contribution in [0.1, 0.15) is 65.7 Å². The minimum absolute atomic E-state index is 0.204. The quantitative estimate of drug-likeness (QED) is 0.116. The number of rotatable bonds is 13. The number of aryl methyl sites for hydroxylation is 3. The summed E-state index contributed by atoms with van der Waals surface area (Å²) in [6.45, 7) is 4.35. The lowest BCUT2D eigenvalue weighted by Crippen LogP contribution is -2.26. The van der Waals surface area contributed by atoms with Crippen LogP contribution in [0.3, 0.4) is 0 Å². The van der Waals surface area contributed by atoms with E-state index in [1.54, 1.807) is 7.11 Å². The second kappa shape index (κ2) is 20.7. The molecule has 6 aromatic carbocycles. The second-order valence-corrected chi connectivity index (χ2v) is 17.7. The predicted molar refractivity (Wildman–Crippen MR) is 255 cm³/mol. The normalized spacial score (nSPS) is 18.3. The van der Waals surface area contributed by atoms with E-state index in [-0.39, 0.29) is 12.2 Å². The van der Waals surface area contributed by atoms with Gasteiger partial charge in [0.2, 0.25) is 0 Å². The molecule has 0 spiro atoms. The molecule has 0 heterocycles. The van der Waals surface area contributed by atoms with Gasteiger partial charge in [-0.25, -0.2) is 0 Å². The zero-order chi connectivity index (χ0) is 42.9. The van der Waals surface area contributed by atoms with Gasteiger partial charge in [-0.15, -0.1) is 0 Å². The lowest BCUT2D eigenvalue weighted by molar-refractivity contribution is 0.0342. The van der Waals surface area contributed by atoms with Gasteiger partial charge < -0.3 is 24.0 Å². The molecule has 0 aromatic heterocycles. The van der Waals surface area contributed by atoms with Crippen LogP contribution in [0.4, 0.5) is 0 Å². The van der Waals surface area contributed by atoms with Crippen LogP contribution in [0.5, 0.6) is 5.75 Å². The first-order valence-corrected chi connectivity index (χ1v) is 22.2. The Morgan fingerprint density at radius 1 is 0.443 bits per heavy atom. The van der Waals surface area contributed by atoms with Gasteiger partial charge in [0.15, 0.2) is 0 Å². The third-order valence-electron chi connectivity index (χ3n) is 13.0. The average molecular weight is 815 g/mol. The van der Waals surface area contributed by atoms with Crippen LogP contribution in [0, 0.1) is 18.8 Å². The topological polar surface area (TPSA) is 34.2 Å². The average Bonchev–Trinajstić information content (AvgIpc) is 3.30. The summed E-state index contributed by atoms with van der Waals surface area (Å²) in [5.41, 5.74) is 17.0. The first-order valence-electron chi connectivity index (χ1n) is 22.2. The van der Waals surface area contributed by atoms with Crippen LogP contribution in [0.25, 0.3) is 44.5 Å². The molecule has 0 saturated heterocycles. The van der Waals surface area contributed by atoms with E-state index < -0.39 is 0 Å². The van der Waals surface area contributed by atoms with Crippen molar-refractivity contribution in [3.63, 3.8) is 0 Å². The van der Waals surface area contributed by atoms with Gasteiger partial charge in [0.25, 0.3) is 0 Å². The van der Waals surface area contributed by atoms with E-state index in [4.69, 9.17) is 14.2 Å². The van der Waals surface area contributed by atoms with Gasteiger partial charge in [0, 0.05) is 14.2 Å². The molecule has 2 aliphatic rings. The summed E-state index contributed by atoms with van der Waals surface area (Å²) in [6, 6.07) is 48.6. The van der Waals surface area contributed by atoms with Crippen LogP contribution >= 0.6 is 0 Å². The van der Waals surface area contributed by atoms with E-state index in [0.717, 1.165) is 31.7 Å². The summed E-state index contributed by atoms with van der Waals surface area (Å²) >= 11 is 0. The van der Waals surface area contributed by atoms with Crippen LogP contribution in [-0.2, 0) is 22.3 Å². The molecular weight excluding hydrogens is 749 g/mol. The molecule has 6 aromatic rings. The monoisotopic (exact) mass is 815 g/mol. The molecule has 4 atom stereocenters. The van der Waals surface area contributed by atoms with E-state index in [9.17, 15) is 0 Å². The number of nitrogens with zero attached hydrogens (tertiary/aromatic N) is 2. The molecule has 0 bridgehead atoms. The van der Waals surface area contributed by atoms with Gasteiger partial charge in [-0.2, -0.15) is 0 Å². The summed E-state index contributed by atoms with van der Waals surface area (Å²) in [6.07, 6.45) is 7.45. The number of hydrogen-bond acceptors (Lipinski definition) is 5. The lowest BCUT2D eigenvalue weighted by atomic mass is 9.78. The zero-order valence-electron chi connectivity index (χ0n) is 37.8. The maximum absolute atomic E-state index is 5.96. The summed E-state index contributed by atoms with van der Waals surface area (Å²) < 4.78 is 17.2. The Morgan fingerprint density at radius 2 is 0.770 bits per heavy atom. The number of methoxy groups -OCH3 is 3. The molecule has 0 saturated carbocycles. The molecule has 5 heteroatoms. The SMILES string of the molecule is COC1c2ccc(-c3ccc(-c4ccc(C)cc4)cc3)cc2CCC1CCN(C)C.COc1ccc(-c2ccc(-c3ccc4c(c3)CCC(CCN(C)C)C4OC)cc2)cc1. The Morgan fingerprint density at radius 3 is 1.11 bits per heavy atom. The van der Waals surface area contributed by atoms with Crippen molar-refractivity contribution in [1.29, 1.82) is 0 Å². The van der Waals surface area contributed by atoms with E-state index in [1.807, 2.05) is 26.4 Å². The van der Waals surface area contributed by atoms with Crippen molar-refractivity contribution in [2.75, 3.05) is 62.6 Å². The van der Waals surface area contributed by atoms with Crippen LogP contribution < -0.4 is 4.74 Å². The number of fused-ring (bicyclic) bond motifs is 2. The minimum atomic E-state index is 0.204. The largest absolute Gasteiger partial charge is 0.497 e. The molecule has 0 radical (unpaired) electrons. The molecule has 61 heavy (non-hydrogen) atoms. The van der Waals surface area contributed by atoms with Gasteiger partial charge in [0.1, 0.15) is 5.75 Å². The Hall–Kier alpha value is -5.04. The summed E-state index contributed by atoms with van der Waals surface area (Å²) in [5.74, 6) is 2.08. The fraction of sp³-hybridized carbons (Fsp3) is 0.357. The molecule has 2 aliphatic carbocycles. The van der Waals surface area contributed by atoms with Gasteiger partial charge in [-0.1, -0.05) is 127 Å². The molecule has 5 nitrogen and oxygen atoms in total. The van der Waals surface area contributed by atoms with Crippen LogP contribution in [0.2, 0.25) is 0 Å². The molecule has 0 fully saturated rings. The maximum atomic E-state index is 5.96. The Kier molecular flexibility index (Phi) is 14.9. The third kappa shape index (κ3) is 10.9. The van der Waals surface area contributed by atoms with Gasteiger partial charge in [-0.05, 0) is 177 Å². The second-order valence-electron chi connectivity index (χ2n) is 17.7. The smallest absolute Gasteiger partial charge is 0.118 e. The Bertz CT molecular complexity index is 2300. The highest BCUT2D eigenvalue weighted by Gasteiger charge is 2.31. The van der Waals surface area contributed by atoms with Crippen LogP contribution in [0.15, 0.2) is 133 Å². The molecule has 8 rings (SSSR count). The van der Waals surface area contributed by atoms with Crippen molar-refractivity contribution < 1.29 is 14.2 Å². The van der Waals surface area contributed by atoms with Gasteiger partial charge in [0.05, 0.1) is 19.3 Å². The summed E-state index contributed by atoms with van der Waals surface area (Å²) in [4.78, 5) is 4.53. The van der Waals surface area contributed by atoms with Crippen molar-refractivity contribution in [2.45, 2.75) is 57.7 Å².